The molecule has 1 N–H and O–H groups in total. The lowest BCUT2D eigenvalue weighted by atomic mass is 10.1. The van der Waals surface area contributed by atoms with Crippen LogP contribution in [0.5, 0.6) is 0 Å². The van der Waals surface area contributed by atoms with Crippen LogP contribution in [0, 0.1) is 0 Å². The number of esters is 1. The third-order valence-corrected chi connectivity index (χ3v) is 5.54. The Morgan fingerprint density at radius 3 is 2.42 bits per heavy atom. The normalized spacial score (nSPS) is 11.1. The van der Waals surface area contributed by atoms with Gasteiger partial charge in [0.05, 0.1) is 38.6 Å². The fraction of sp³-hybridized carbons (Fsp3) is 0.167. The minimum Gasteiger partial charge on any atom is -0.452 e. The molecule has 2 heterocycles. The molecule has 9 heteroatoms. The molecule has 0 radical (unpaired) electrons. The van der Waals surface area contributed by atoms with Gasteiger partial charge in [0.15, 0.2) is 12.3 Å². The summed E-state index contributed by atoms with van der Waals surface area (Å²) in [5, 5.41) is 8.06. The number of halogens is 2. The number of hydrogen-bond acceptors (Lipinski definition) is 5. The van der Waals surface area contributed by atoms with Gasteiger partial charge < -0.3 is 10.1 Å². The molecule has 0 fully saturated rings. The second-order valence-electron chi connectivity index (χ2n) is 7.56. The van der Waals surface area contributed by atoms with Gasteiger partial charge in [0.2, 0.25) is 0 Å². The van der Waals surface area contributed by atoms with E-state index >= 15 is 0 Å². The molecule has 33 heavy (non-hydrogen) atoms. The minimum absolute atomic E-state index is 0.0380. The number of nitrogens with one attached hydrogen (secondary N) is 1. The van der Waals surface area contributed by atoms with Crippen LogP contribution in [0.25, 0.3) is 22.3 Å². The molecule has 4 rings (SSSR count). The first-order chi connectivity index (χ1) is 15.8. The van der Waals surface area contributed by atoms with Crippen LogP contribution in [0.15, 0.2) is 60.8 Å². The lowest BCUT2D eigenvalue weighted by Crippen LogP contribution is -2.21. The Hall–Kier alpha value is -3.42. The fourth-order valence-corrected chi connectivity index (χ4v) is 3.82. The Bertz CT molecular complexity index is 1320. The zero-order chi connectivity index (χ0) is 23.5. The van der Waals surface area contributed by atoms with Crippen molar-refractivity contribution in [3.05, 3.63) is 76.4 Å². The van der Waals surface area contributed by atoms with Crippen molar-refractivity contribution in [1.29, 1.82) is 0 Å². The number of benzene rings is 2. The number of nitrogens with zero attached hydrogens (tertiary/aromatic N) is 3. The summed E-state index contributed by atoms with van der Waals surface area (Å²) in [7, 11) is 0. The summed E-state index contributed by atoms with van der Waals surface area (Å²) in [4.78, 5) is 30.1. The summed E-state index contributed by atoms with van der Waals surface area (Å²) in [6.07, 6.45) is 1.58. The molecule has 2 aromatic heterocycles. The molecule has 7 nitrogen and oxygen atoms in total. The molecule has 0 saturated carbocycles. The van der Waals surface area contributed by atoms with Crippen molar-refractivity contribution < 1.29 is 14.3 Å². The van der Waals surface area contributed by atoms with Crippen LogP contribution in [-0.2, 0) is 9.53 Å². The number of anilines is 1. The van der Waals surface area contributed by atoms with Crippen LogP contribution in [-0.4, -0.2) is 33.2 Å². The Morgan fingerprint density at radius 2 is 1.76 bits per heavy atom. The summed E-state index contributed by atoms with van der Waals surface area (Å²) in [5.74, 6) is -1.23. The molecule has 0 spiro atoms. The Kier molecular flexibility index (Phi) is 6.62. The van der Waals surface area contributed by atoms with E-state index in [1.54, 1.807) is 35.1 Å². The van der Waals surface area contributed by atoms with Gasteiger partial charge in [-0.15, -0.1) is 0 Å². The van der Waals surface area contributed by atoms with Crippen LogP contribution < -0.4 is 5.32 Å². The van der Waals surface area contributed by atoms with Gasteiger partial charge in [-0.05, 0) is 32.0 Å². The highest BCUT2D eigenvalue weighted by molar-refractivity contribution is 6.39. The summed E-state index contributed by atoms with van der Waals surface area (Å²) in [6.45, 7) is 3.44. The standard InChI is InChI=1S/C24H20Cl2N4O3/c1-14(2)30-23-17(12-27-30)16(11-20(28-23)15-7-4-3-5-8-15)24(32)33-13-21(31)29-22-18(25)9-6-10-19(22)26/h3-12,14H,13H2,1-2H3,(H,29,31). The third-order valence-electron chi connectivity index (χ3n) is 4.91. The number of aromatic nitrogens is 3. The van der Waals surface area contributed by atoms with Gasteiger partial charge in [0.1, 0.15) is 0 Å². The van der Waals surface area contributed by atoms with Crippen LogP contribution in [0.1, 0.15) is 30.2 Å². The number of fused-ring (bicyclic) bond motifs is 1. The maximum atomic E-state index is 13.0. The van der Waals surface area contributed by atoms with E-state index < -0.39 is 18.5 Å². The molecule has 0 saturated heterocycles. The molecule has 0 aliphatic heterocycles. The van der Waals surface area contributed by atoms with Crippen molar-refractivity contribution in [2.24, 2.45) is 0 Å². The largest absolute Gasteiger partial charge is 0.452 e. The van der Waals surface area contributed by atoms with E-state index in [-0.39, 0.29) is 27.3 Å². The van der Waals surface area contributed by atoms with Crippen molar-refractivity contribution in [2.45, 2.75) is 19.9 Å². The average molecular weight is 483 g/mol. The molecule has 1 amide bonds. The lowest BCUT2D eigenvalue weighted by molar-refractivity contribution is -0.119. The first kappa shape index (κ1) is 22.8. The summed E-state index contributed by atoms with van der Waals surface area (Å²) >= 11 is 12.2. The molecule has 0 unspecified atom stereocenters. The molecular weight excluding hydrogens is 463 g/mol. The van der Waals surface area contributed by atoms with Crippen molar-refractivity contribution in [3.8, 4) is 11.3 Å². The second kappa shape index (κ2) is 9.60. The summed E-state index contributed by atoms with van der Waals surface area (Å²) in [6, 6.07) is 16.0. The first-order valence-corrected chi connectivity index (χ1v) is 11.0. The smallest absolute Gasteiger partial charge is 0.339 e. The monoisotopic (exact) mass is 482 g/mol. The summed E-state index contributed by atoms with van der Waals surface area (Å²) in [5.41, 5.74) is 2.54. The predicted octanol–water partition coefficient (Wildman–Crippen LogP) is 5.78. The van der Waals surface area contributed by atoms with E-state index in [0.717, 1.165) is 5.56 Å². The highest BCUT2D eigenvalue weighted by atomic mass is 35.5. The number of para-hydroxylation sites is 1. The van der Waals surface area contributed by atoms with Gasteiger partial charge in [0, 0.05) is 11.6 Å². The molecular formula is C24H20Cl2N4O3. The third kappa shape index (κ3) is 4.84. The van der Waals surface area contributed by atoms with Crippen molar-refractivity contribution in [3.63, 3.8) is 0 Å². The van der Waals surface area contributed by atoms with Gasteiger partial charge in [-0.2, -0.15) is 5.10 Å². The fourth-order valence-electron chi connectivity index (χ4n) is 3.32. The minimum atomic E-state index is -0.664. The zero-order valence-electron chi connectivity index (χ0n) is 17.9. The van der Waals surface area contributed by atoms with Crippen LogP contribution >= 0.6 is 23.2 Å². The van der Waals surface area contributed by atoms with Crippen molar-refractivity contribution >= 4 is 51.8 Å². The van der Waals surface area contributed by atoms with Gasteiger partial charge >= 0.3 is 5.97 Å². The highest BCUT2D eigenvalue weighted by Crippen LogP contribution is 2.30. The quantitative estimate of drug-likeness (QED) is 0.352. The number of rotatable bonds is 6. The molecule has 4 aromatic rings. The van der Waals surface area contributed by atoms with Crippen LogP contribution in [0.4, 0.5) is 5.69 Å². The number of amides is 1. The van der Waals surface area contributed by atoms with E-state index in [4.69, 9.17) is 32.9 Å². The molecule has 0 aliphatic carbocycles. The first-order valence-electron chi connectivity index (χ1n) is 10.2. The van der Waals surface area contributed by atoms with Crippen LogP contribution in [0.2, 0.25) is 10.0 Å². The van der Waals surface area contributed by atoms with E-state index in [2.05, 4.69) is 10.4 Å². The van der Waals surface area contributed by atoms with Crippen LogP contribution in [0.3, 0.4) is 0 Å². The second-order valence-corrected chi connectivity index (χ2v) is 8.38. The number of pyridine rings is 1. The SMILES string of the molecule is CC(C)n1ncc2c(C(=O)OCC(=O)Nc3c(Cl)cccc3Cl)cc(-c3ccccc3)nc21. The van der Waals surface area contributed by atoms with E-state index in [0.29, 0.717) is 16.7 Å². The van der Waals surface area contributed by atoms with E-state index in [1.807, 2.05) is 44.2 Å². The molecule has 168 valence electrons. The maximum Gasteiger partial charge on any atom is 0.339 e. The molecule has 2 aromatic carbocycles. The summed E-state index contributed by atoms with van der Waals surface area (Å²) < 4.78 is 7.05. The van der Waals surface area contributed by atoms with Gasteiger partial charge in [-0.25, -0.2) is 14.5 Å². The Morgan fingerprint density at radius 1 is 1.06 bits per heavy atom. The maximum absolute atomic E-state index is 13.0. The molecule has 0 aliphatic rings. The zero-order valence-corrected chi connectivity index (χ0v) is 19.4. The number of ether oxygens (including phenoxy) is 1. The highest BCUT2D eigenvalue weighted by Gasteiger charge is 2.20. The van der Waals surface area contributed by atoms with Gasteiger partial charge in [-0.1, -0.05) is 59.6 Å². The van der Waals surface area contributed by atoms with E-state index in [1.165, 1.54) is 0 Å². The van der Waals surface area contributed by atoms with Gasteiger partial charge in [0.25, 0.3) is 5.91 Å². The Labute approximate surface area is 200 Å². The predicted molar refractivity (Wildman–Crippen MR) is 129 cm³/mol. The van der Waals surface area contributed by atoms with Crippen molar-refractivity contribution in [2.75, 3.05) is 11.9 Å². The number of hydrogen-bond donors (Lipinski definition) is 1. The number of carbonyl (C=O) groups excluding carboxylic acids is 2. The molecule has 0 bridgehead atoms. The van der Waals surface area contributed by atoms with Crippen molar-refractivity contribution in [1.82, 2.24) is 14.8 Å². The topological polar surface area (TPSA) is 86.1 Å². The van der Waals surface area contributed by atoms with Gasteiger partial charge in [-0.3, -0.25) is 4.79 Å². The molecule has 0 atom stereocenters. The van der Waals surface area contributed by atoms with E-state index in [9.17, 15) is 9.59 Å². The lowest BCUT2D eigenvalue weighted by Gasteiger charge is -2.11. The Balaban J connectivity index is 1.61. The average Bonchev–Trinajstić information content (AvgIpc) is 3.24. The number of carbonyl (C=O) groups is 2.